The summed E-state index contributed by atoms with van der Waals surface area (Å²) in [6.07, 6.45) is -4.92. The number of benzene rings is 2. The van der Waals surface area contributed by atoms with Gasteiger partial charge in [-0.2, -0.15) is 13.2 Å². The van der Waals surface area contributed by atoms with E-state index in [1.54, 1.807) is 26.2 Å². The van der Waals surface area contributed by atoms with Crippen LogP contribution < -0.4 is 14.8 Å². The molecular formula is C24H27F4N3O3. The molecule has 1 heterocycles. The van der Waals surface area contributed by atoms with E-state index in [4.69, 9.17) is 14.2 Å². The molecule has 0 saturated carbocycles. The standard InChI is InChI=1S/C24H27F4N3O3/c1-13(2)21(33-5)12-34-20-9-16-18(10-19(20)32-4)30-14(3)31-23(16)29-11-15-7-6-8-17(22(15)25)24(26,27)28/h6-10,13,21H,11-12H2,1-5H3,(H,29,30,31). The maximum Gasteiger partial charge on any atom is 0.419 e. The van der Waals surface area contributed by atoms with Crippen LogP contribution in [-0.4, -0.2) is 36.9 Å². The largest absolute Gasteiger partial charge is 0.493 e. The van der Waals surface area contributed by atoms with Crippen LogP contribution in [0.15, 0.2) is 30.3 Å². The van der Waals surface area contributed by atoms with Crippen molar-refractivity contribution < 1.29 is 31.8 Å². The van der Waals surface area contributed by atoms with Gasteiger partial charge in [-0.05, 0) is 25.0 Å². The van der Waals surface area contributed by atoms with Crippen molar-refractivity contribution in [2.45, 2.75) is 39.6 Å². The van der Waals surface area contributed by atoms with Gasteiger partial charge in [-0.1, -0.05) is 26.0 Å². The van der Waals surface area contributed by atoms with Crippen molar-refractivity contribution in [3.8, 4) is 11.5 Å². The lowest BCUT2D eigenvalue weighted by atomic mass is 10.1. The summed E-state index contributed by atoms with van der Waals surface area (Å²) in [4.78, 5) is 8.78. The molecule has 2 aromatic carbocycles. The SMILES string of the molecule is COc1cc2nc(C)nc(NCc3cccc(C(F)(F)F)c3F)c2cc1OCC(OC)C(C)C. The number of alkyl halides is 3. The lowest BCUT2D eigenvalue weighted by Gasteiger charge is -2.21. The van der Waals surface area contributed by atoms with E-state index >= 15 is 0 Å². The summed E-state index contributed by atoms with van der Waals surface area (Å²) < 4.78 is 70.5. The molecule has 0 aliphatic carbocycles. The van der Waals surface area contributed by atoms with Crippen molar-refractivity contribution in [3.05, 3.63) is 53.1 Å². The third-order valence-corrected chi connectivity index (χ3v) is 5.37. The first kappa shape index (κ1) is 25.5. The Morgan fingerprint density at radius 3 is 2.41 bits per heavy atom. The van der Waals surface area contributed by atoms with Crippen molar-refractivity contribution in [2.75, 3.05) is 26.1 Å². The molecule has 3 aromatic rings. The number of fused-ring (bicyclic) bond motifs is 1. The Hall–Kier alpha value is -3.14. The van der Waals surface area contributed by atoms with Crippen LogP contribution >= 0.6 is 0 Å². The third-order valence-electron chi connectivity index (χ3n) is 5.37. The Kier molecular flexibility index (Phi) is 7.81. The molecule has 0 spiro atoms. The number of anilines is 1. The first-order chi connectivity index (χ1) is 16.0. The van der Waals surface area contributed by atoms with Crippen LogP contribution in [0.2, 0.25) is 0 Å². The molecule has 6 nitrogen and oxygen atoms in total. The molecule has 0 aliphatic rings. The van der Waals surface area contributed by atoms with Gasteiger partial charge in [0.05, 0.1) is 24.3 Å². The summed E-state index contributed by atoms with van der Waals surface area (Å²) >= 11 is 0. The highest BCUT2D eigenvalue weighted by atomic mass is 19.4. The van der Waals surface area contributed by atoms with E-state index in [1.807, 2.05) is 13.8 Å². The summed E-state index contributed by atoms with van der Waals surface area (Å²) in [5.74, 6) is 0.551. The molecule has 0 amide bonds. The highest BCUT2D eigenvalue weighted by Gasteiger charge is 2.34. The fourth-order valence-corrected chi connectivity index (χ4v) is 3.48. The van der Waals surface area contributed by atoms with Gasteiger partial charge in [0.25, 0.3) is 0 Å². The number of rotatable bonds is 9. The molecule has 184 valence electrons. The van der Waals surface area contributed by atoms with Gasteiger partial charge in [0.2, 0.25) is 0 Å². The molecular weight excluding hydrogens is 454 g/mol. The average molecular weight is 481 g/mol. The normalized spacial score (nSPS) is 12.8. The predicted molar refractivity (Wildman–Crippen MR) is 121 cm³/mol. The van der Waals surface area contributed by atoms with Gasteiger partial charge < -0.3 is 19.5 Å². The fraction of sp³-hybridized carbons (Fsp3) is 0.417. The number of ether oxygens (including phenoxy) is 3. The summed E-state index contributed by atoms with van der Waals surface area (Å²) in [6.45, 7) is 5.78. The lowest BCUT2D eigenvalue weighted by Crippen LogP contribution is -2.26. The van der Waals surface area contributed by atoms with Gasteiger partial charge in [0.1, 0.15) is 24.1 Å². The van der Waals surface area contributed by atoms with E-state index in [2.05, 4.69) is 15.3 Å². The van der Waals surface area contributed by atoms with E-state index in [0.717, 1.165) is 0 Å². The van der Waals surface area contributed by atoms with Crippen LogP contribution in [-0.2, 0) is 17.5 Å². The summed E-state index contributed by atoms with van der Waals surface area (Å²) in [6, 6.07) is 6.55. The fourth-order valence-electron chi connectivity index (χ4n) is 3.48. The zero-order valence-electron chi connectivity index (χ0n) is 19.6. The minimum Gasteiger partial charge on any atom is -0.493 e. The second-order valence-electron chi connectivity index (χ2n) is 8.10. The Balaban J connectivity index is 1.95. The van der Waals surface area contributed by atoms with Crippen LogP contribution in [0.4, 0.5) is 23.4 Å². The average Bonchev–Trinajstić information content (AvgIpc) is 2.77. The predicted octanol–water partition coefficient (Wildman–Crippen LogP) is 5.77. The highest BCUT2D eigenvalue weighted by molar-refractivity contribution is 5.91. The quantitative estimate of drug-likeness (QED) is 0.392. The first-order valence-electron chi connectivity index (χ1n) is 10.7. The maximum atomic E-state index is 14.5. The van der Waals surface area contributed by atoms with Gasteiger partial charge >= 0.3 is 6.18 Å². The van der Waals surface area contributed by atoms with Crippen molar-refractivity contribution in [2.24, 2.45) is 5.92 Å². The minimum atomic E-state index is -4.78. The van der Waals surface area contributed by atoms with Crippen molar-refractivity contribution in [1.82, 2.24) is 9.97 Å². The molecule has 1 aromatic heterocycles. The summed E-state index contributed by atoms with van der Waals surface area (Å²) in [7, 11) is 3.12. The molecule has 0 saturated heterocycles. The molecule has 0 bridgehead atoms. The van der Waals surface area contributed by atoms with Crippen LogP contribution in [0.3, 0.4) is 0 Å². The van der Waals surface area contributed by atoms with Crippen molar-refractivity contribution in [3.63, 3.8) is 0 Å². The van der Waals surface area contributed by atoms with E-state index in [0.29, 0.717) is 40.1 Å². The molecule has 1 unspecified atom stereocenters. The van der Waals surface area contributed by atoms with Crippen molar-refractivity contribution in [1.29, 1.82) is 0 Å². The number of halogens is 4. The van der Waals surface area contributed by atoms with Crippen LogP contribution in [0.5, 0.6) is 11.5 Å². The summed E-state index contributed by atoms with van der Waals surface area (Å²) in [5, 5.41) is 3.49. The molecule has 3 rings (SSSR count). The van der Waals surface area contributed by atoms with Gasteiger partial charge in [-0.15, -0.1) is 0 Å². The number of hydrogen-bond donors (Lipinski definition) is 1. The van der Waals surface area contributed by atoms with E-state index < -0.39 is 17.6 Å². The Morgan fingerprint density at radius 2 is 1.79 bits per heavy atom. The molecule has 1 atom stereocenters. The van der Waals surface area contributed by atoms with E-state index in [-0.39, 0.29) is 30.7 Å². The number of nitrogens with one attached hydrogen (secondary N) is 1. The molecule has 10 heteroatoms. The third kappa shape index (κ3) is 5.67. The number of aromatic nitrogens is 2. The Bertz CT molecular complexity index is 1150. The first-order valence-corrected chi connectivity index (χ1v) is 10.7. The lowest BCUT2D eigenvalue weighted by molar-refractivity contribution is -0.140. The molecule has 1 N–H and O–H groups in total. The molecule has 34 heavy (non-hydrogen) atoms. The van der Waals surface area contributed by atoms with Crippen molar-refractivity contribution >= 4 is 16.7 Å². The van der Waals surface area contributed by atoms with Crippen LogP contribution in [0.1, 0.15) is 30.8 Å². The van der Waals surface area contributed by atoms with Crippen LogP contribution in [0, 0.1) is 18.7 Å². The molecule has 0 fully saturated rings. The van der Waals surface area contributed by atoms with Gasteiger partial charge in [-0.25, -0.2) is 14.4 Å². The van der Waals surface area contributed by atoms with Gasteiger partial charge in [0, 0.05) is 30.7 Å². The molecule has 0 radical (unpaired) electrons. The zero-order valence-corrected chi connectivity index (χ0v) is 19.6. The second kappa shape index (κ2) is 10.4. The highest BCUT2D eigenvalue weighted by Crippen LogP contribution is 2.36. The monoisotopic (exact) mass is 481 g/mol. The topological polar surface area (TPSA) is 65.5 Å². The number of hydrogen-bond acceptors (Lipinski definition) is 6. The van der Waals surface area contributed by atoms with E-state index in [1.165, 1.54) is 19.2 Å². The van der Waals surface area contributed by atoms with Crippen LogP contribution in [0.25, 0.3) is 10.9 Å². The molecule has 0 aliphatic heterocycles. The minimum absolute atomic E-state index is 0.135. The number of aryl methyl sites for hydroxylation is 1. The second-order valence-corrected chi connectivity index (χ2v) is 8.10. The smallest absolute Gasteiger partial charge is 0.419 e. The Morgan fingerprint density at radius 1 is 1.06 bits per heavy atom. The van der Waals surface area contributed by atoms with Gasteiger partial charge in [-0.3, -0.25) is 0 Å². The number of methoxy groups -OCH3 is 2. The Labute approximate surface area is 195 Å². The van der Waals surface area contributed by atoms with E-state index in [9.17, 15) is 17.6 Å². The van der Waals surface area contributed by atoms with Gasteiger partial charge in [0.15, 0.2) is 11.5 Å². The maximum absolute atomic E-state index is 14.5. The zero-order chi connectivity index (χ0) is 25.0. The number of nitrogens with zero attached hydrogens (tertiary/aromatic N) is 2. The summed E-state index contributed by atoms with van der Waals surface area (Å²) in [5.41, 5.74) is -0.909.